The highest BCUT2D eigenvalue weighted by Gasteiger charge is 2.37. The lowest BCUT2D eigenvalue weighted by atomic mass is 9.99. The summed E-state index contributed by atoms with van der Waals surface area (Å²) in [6.45, 7) is 1.06. The average Bonchev–Trinajstić information content (AvgIpc) is 2.06. The Morgan fingerprint density at radius 2 is 1.93 bits per heavy atom. The van der Waals surface area contributed by atoms with Gasteiger partial charge in [0.25, 0.3) is 0 Å². The van der Waals surface area contributed by atoms with Gasteiger partial charge in [-0.1, -0.05) is 11.6 Å². The summed E-state index contributed by atoms with van der Waals surface area (Å²) >= 11 is 5.59. The molecule has 0 heterocycles. The summed E-state index contributed by atoms with van der Waals surface area (Å²) in [5, 5.41) is 0.255. The molecule has 5 heteroatoms. The molecule has 0 amide bonds. The maximum Gasteiger partial charge on any atom is 0.395 e. The third kappa shape index (κ3) is 2.32. The first-order chi connectivity index (χ1) is 6.32. The van der Waals surface area contributed by atoms with Gasteiger partial charge in [0.15, 0.2) is 0 Å². The molecule has 0 bridgehead atoms. The average molecular weight is 224 g/mol. The molecule has 0 aliphatic rings. The second-order valence-corrected chi connectivity index (χ2v) is 3.47. The van der Waals surface area contributed by atoms with E-state index in [9.17, 15) is 13.2 Å². The van der Waals surface area contributed by atoms with Crippen molar-refractivity contribution >= 4 is 17.3 Å². The molecule has 14 heavy (non-hydrogen) atoms. The Balaban J connectivity index is 3.12. The van der Waals surface area contributed by atoms with Crippen molar-refractivity contribution in [3.63, 3.8) is 0 Å². The second-order valence-electron chi connectivity index (χ2n) is 3.04. The smallest absolute Gasteiger partial charge is 0.395 e. The number of hydrogen-bond acceptors (Lipinski definition) is 1. The van der Waals surface area contributed by atoms with Crippen molar-refractivity contribution in [1.29, 1.82) is 0 Å². The first-order valence-electron chi connectivity index (χ1n) is 3.94. The van der Waals surface area contributed by atoms with Crippen LogP contribution in [0.15, 0.2) is 18.2 Å². The number of nitrogen functional groups attached to an aromatic ring is 1. The largest absolute Gasteiger partial charge is 0.398 e. The molecule has 0 fully saturated rings. The Kier molecular flexibility index (Phi) is 2.95. The molecule has 0 saturated heterocycles. The zero-order valence-electron chi connectivity index (χ0n) is 7.40. The summed E-state index contributed by atoms with van der Waals surface area (Å²) in [5.74, 6) is -1.60. The van der Waals surface area contributed by atoms with Crippen LogP contribution in [0.3, 0.4) is 0 Å². The summed E-state index contributed by atoms with van der Waals surface area (Å²) in [6, 6.07) is 4.08. The number of anilines is 1. The highest BCUT2D eigenvalue weighted by molar-refractivity contribution is 6.30. The van der Waals surface area contributed by atoms with Gasteiger partial charge in [-0.25, -0.2) is 0 Å². The summed E-state index contributed by atoms with van der Waals surface area (Å²) in [6.07, 6.45) is -4.29. The Bertz CT molecular complexity index is 335. The molecule has 0 aromatic heterocycles. The Hall–Kier alpha value is -0.900. The molecule has 1 rings (SSSR count). The van der Waals surface area contributed by atoms with Crippen LogP contribution in [-0.2, 0) is 0 Å². The molecule has 0 spiro atoms. The van der Waals surface area contributed by atoms with Gasteiger partial charge in [-0.2, -0.15) is 13.2 Å². The fourth-order valence-corrected chi connectivity index (χ4v) is 1.28. The van der Waals surface area contributed by atoms with Crippen molar-refractivity contribution < 1.29 is 13.2 Å². The molecule has 0 aliphatic heterocycles. The molecule has 1 aromatic rings. The van der Waals surface area contributed by atoms with Gasteiger partial charge in [-0.15, -0.1) is 0 Å². The molecule has 1 nitrogen and oxygen atoms in total. The van der Waals surface area contributed by atoms with Crippen molar-refractivity contribution in [2.24, 2.45) is 0 Å². The van der Waals surface area contributed by atoms with E-state index in [4.69, 9.17) is 17.3 Å². The number of hydrogen-bond donors (Lipinski definition) is 1. The van der Waals surface area contributed by atoms with Crippen LogP contribution in [0.4, 0.5) is 18.9 Å². The zero-order valence-corrected chi connectivity index (χ0v) is 8.15. The predicted molar refractivity (Wildman–Crippen MR) is 50.3 cm³/mol. The van der Waals surface area contributed by atoms with E-state index in [0.29, 0.717) is 0 Å². The Morgan fingerprint density at radius 1 is 1.36 bits per heavy atom. The SMILES string of the molecule is CC(c1cc(Cl)ccc1N)C(F)(F)F. The van der Waals surface area contributed by atoms with Crippen LogP contribution in [-0.4, -0.2) is 6.18 Å². The van der Waals surface area contributed by atoms with Crippen LogP contribution < -0.4 is 5.73 Å². The highest BCUT2D eigenvalue weighted by atomic mass is 35.5. The number of benzene rings is 1. The lowest BCUT2D eigenvalue weighted by molar-refractivity contribution is -0.146. The normalized spacial score (nSPS) is 14.1. The molecule has 1 atom stereocenters. The van der Waals surface area contributed by atoms with E-state index in [2.05, 4.69) is 0 Å². The maximum atomic E-state index is 12.3. The number of alkyl halides is 3. The van der Waals surface area contributed by atoms with Gasteiger partial charge in [-0.3, -0.25) is 0 Å². The summed E-state index contributed by atoms with van der Waals surface area (Å²) < 4.78 is 37.0. The number of halogens is 4. The van der Waals surface area contributed by atoms with Crippen molar-refractivity contribution in [3.8, 4) is 0 Å². The molecule has 78 valence electrons. The van der Waals surface area contributed by atoms with E-state index < -0.39 is 12.1 Å². The van der Waals surface area contributed by atoms with Gasteiger partial charge in [-0.05, 0) is 30.7 Å². The van der Waals surface area contributed by atoms with Gasteiger partial charge in [0, 0.05) is 10.7 Å². The van der Waals surface area contributed by atoms with E-state index in [-0.39, 0.29) is 16.3 Å². The van der Waals surface area contributed by atoms with Crippen molar-refractivity contribution in [2.75, 3.05) is 5.73 Å². The van der Waals surface area contributed by atoms with E-state index in [1.54, 1.807) is 0 Å². The first kappa shape index (κ1) is 11.2. The van der Waals surface area contributed by atoms with Crippen LogP contribution in [0.1, 0.15) is 18.4 Å². The summed E-state index contributed by atoms with van der Waals surface area (Å²) in [4.78, 5) is 0. The molecule has 0 radical (unpaired) electrons. The zero-order chi connectivity index (χ0) is 10.9. The van der Waals surface area contributed by atoms with E-state index in [1.807, 2.05) is 0 Å². The molecule has 0 aliphatic carbocycles. The van der Waals surface area contributed by atoms with Crippen LogP contribution in [0.5, 0.6) is 0 Å². The molecule has 1 aromatic carbocycles. The van der Waals surface area contributed by atoms with E-state index >= 15 is 0 Å². The topological polar surface area (TPSA) is 26.0 Å². The van der Waals surface area contributed by atoms with Gasteiger partial charge >= 0.3 is 6.18 Å². The highest BCUT2D eigenvalue weighted by Crippen LogP contribution is 2.37. The molecule has 0 saturated carbocycles. The second kappa shape index (κ2) is 3.69. The fourth-order valence-electron chi connectivity index (χ4n) is 1.10. The lowest BCUT2D eigenvalue weighted by Crippen LogP contribution is -2.18. The first-order valence-corrected chi connectivity index (χ1v) is 4.32. The van der Waals surface area contributed by atoms with Crippen LogP contribution in [0.2, 0.25) is 5.02 Å². The van der Waals surface area contributed by atoms with Gasteiger partial charge in [0.05, 0.1) is 5.92 Å². The standard InChI is InChI=1S/C9H9ClF3N/c1-5(9(11,12)13)7-4-6(10)2-3-8(7)14/h2-5H,14H2,1H3. The third-order valence-electron chi connectivity index (χ3n) is 2.01. The van der Waals surface area contributed by atoms with E-state index in [0.717, 1.165) is 6.92 Å². The van der Waals surface area contributed by atoms with Gasteiger partial charge in [0.2, 0.25) is 0 Å². The lowest BCUT2D eigenvalue weighted by Gasteiger charge is -2.17. The van der Waals surface area contributed by atoms with Crippen molar-refractivity contribution in [2.45, 2.75) is 19.0 Å². The quantitative estimate of drug-likeness (QED) is 0.724. The van der Waals surface area contributed by atoms with Gasteiger partial charge < -0.3 is 5.73 Å². The minimum absolute atomic E-state index is 0.0185. The molecule has 1 unspecified atom stereocenters. The van der Waals surface area contributed by atoms with E-state index in [1.165, 1.54) is 18.2 Å². The van der Waals surface area contributed by atoms with Crippen LogP contribution in [0.25, 0.3) is 0 Å². The molecular formula is C9H9ClF3N. The molecular weight excluding hydrogens is 215 g/mol. The number of rotatable bonds is 1. The minimum atomic E-state index is -4.29. The predicted octanol–water partition coefficient (Wildman–Crippen LogP) is 3.59. The Morgan fingerprint density at radius 3 is 2.43 bits per heavy atom. The number of nitrogens with two attached hydrogens (primary N) is 1. The van der Waals surface area contributed by atoms with Crippen LogP contribution >= 0.6 is 11.6 Å². The van der Waals surface area contributed by atoms with Gasteiger partial charge in [0.1, 0.15) is 0 Å². The Labute approximate surface area is 84.7 Å². The maximum absolute atomic E-state index is 12.3. The summed E-state index contributed by atoms with van der Waals surface area (Å²) in [5.41, 5.74) is 5.56. The fraction of sp³-hybridized carbons (Fsp3) is 0.333. The van der Waals surface area contributed by atoms with Crippen LogP contribution in [0, 0.1) is 0 Å². The minimum Gasteiger partial charge on any atom is -0.398 e. The molecule has 2 N–H and O–H groups in total. The summed E-state index contributed by atoms with van der Waals surface area (Å²) in [7, 11) is 0. The monoisotopic (exact) mass is 223 g/mol. The van der Waals surface area contributed by atoms with Crippen molar-refractivity contribution in [1.82, 2.24) is 0 Å². The third-order valence-corrected chi connectivity index (χ3v) is 2.24. The van der Waals surface area contributed by atoms with Crippen molar-refractivity contribution in [3.05, 3.63) is 28.8 Å².